The van der Waals surface area contributed by atoms with Crippen molar-refractivity contribution in [2.24, 2.45) is 0 Å². The summed E-state index contributed by atoms with van der Waals surface area (Å²) < 4.78 is 41.7. The normalized spacial score (nSPS) is 16.8. The van der Waals surface area contributed by atoms with Crippen LogP contribution in [0.2, 0.25) is 5.15 Å². The van der Waals surface area contributed by atoms with Crippen molar-refractivity contribution in [3.63, 3.8) is 0 Å². The molecule has 4 nitrogen and oxygen atoms in total. The molecule has 1 aromatic carbocycles. The van der Waals surface area contributed by atoms with Crippen molar-refractivity contribution in [1.82, 2.24) is 9.88 Å². The van der Waals surface area contributed by atoms with Crippen molar-refractivity contribution in [2.75, 3.05) is 6.61 Å². The number of halogens is 4. The van der Waals surface area contributed by atoms with Gasteiger partial charge in [0.1, 0.15) is 10.9 Å². The molecule has 0 aliphatic carbocycles. The lowest BCUT2D eigenvalue weighted by atomic mass is 10.1. The number of alkyl halides is 3. The largest absolute Gasteiger partial charge is 0.484 e. The zero-order valence-electron chi connectivity index (χ0n) is 14.1. The summed E-state index contributed by atoms with van der Waals surface area (Å²) in [7, 11) is 0. The average Bonchev–Trinajstić information content (AvgIpc) is 2.79. The van der Waals surface area contributed by atoms with Crippen LogP contribution in [-0.2, 0) is 6.54 Å². The van der Waals surface area contributed by atoms with Gasteiger partial charge in [0.25, 0.3) is 5.91 Å². The smallest absolute Gasteiger partial charge is 0.422 e. The summed E-state index contributed by atoms with van der Waals surface area (Å²) in [5.74, 6) is 0.0225. The van der Waals surface area contributed by atoms with Gasteiger partial charge in [0.05, 0.1) is 6.04 Å². The van der Waals surface area contributed by atoms with E-state index in [0.717, 1.165) is 5.56 Å². The molecule has 1 unspecified atom stereocenters. The van der Waals surface area contributed by atoms with Crippen molar-refractivity contribution in [2.45, 2.75) is 32.6 Å². The zero-order chi connectivity index (χ0) is 19.1. The third-order valence-electron chi connectivity index (χ3n) is 4.30. The fourth-order valence-corrected chi connectivity index (χ4v) is 3.37. The molecular formula is C18H16ClF3N2O2. The quantitative estimate of drug-likeness (QED) is 0.717. The standard InChI is InChI=1S/C18H16ClF3N2O2/c1-10-7-12(3-4-14(10)26-9-18(20,21)22)8-24-11(2)15-13(17(24)25)5-6-23-16(15)19/h3-7,11H,8-9H2,1-2H3. The van der Waals surface area contributed by atoms with E-state index < -0.39 is 12.8 Å². The molecule has 0 N–H and O–H groups in total. The number of hydrogen-bond donors (Lipinski definition) is 0. The first kappa shape index (κ1) is 18.5. The predicted molar refractivity (Wildman–Crippen MR) is 90.3 cm³/mol. The molecule has 0 saturated heterocycles. The van der Waals surface area contributed by atoms with E-state index in [9.17, 15) is 18.0 Å². The number of fused-ring (bicyclic) bond motifs is 1. The van der Waals surface area contributed by atoms with Gasteiger partial charge in [-0.1, -0.05) is 23.7 Å². The van der Waals surface area contributed by atoms with Gasteiger partial charge < -0.3 is 9.64 Å². The Morgan fingerprint density at radius 1 is 1.31 bits per heavy atom. The number of rotatable bonds is 4. The van der Waals surface area contributed by atoms with E-state index in [0.29, 0.717) is 28.4 Å². The molecule has 1 atom stereocenters. The van der Waals surface area contributed by atoms with Gasteiger partial charge in [0.15, 0.2) is 6.61 Å². The number of pyridine rings is 1. The van der Waals surface area contributed by atoms with E-state index >= 15 is 0 Å². The van der Waals surface area contributed by atoms with E-state index in [-0.39, 0.29) is 17.7 Å². The highest BCUT2D eigenvalue weighted by Crippen LogP contribution is 2.38. The van der Waals surface area contributed by atoms with Gasteiger partial charge in [0.2, 0.25) is 0 Å². The van der Waals surface area contributed by atoms with Gasteiger partial charge >= 0.3 is 6.18 Å². The van der Waals surface area contributed by atoms with Crippen LogP contribution in [0.15, 0.2) is 30.5 Å². The lowest BCUT2D eigenvalue weighted by Crippen LogP contribution is -2.26. The lowest BCUT2D eigenvalue weighted by molar-refractivity contribution is -0.153. The van der Waals surface area contributed by atoms with Crippen LogP contribution in [0.4, 0.5) is 13.2 Å². The Balaban J connectivity index is 1.77. The summed E-state index contributed by atoms with van der Waals surface area (Å²) in [5, 5.41) is 0.304. The highest BCUT2D eigenvalue weighted by Gasteiger charge is 2.36. The molecule has 2 aromatic rings. The van der Waals surface area contributed by atoms with Crippen LogP contribution in [0.1, 0.15) is 40.0 Å². The zero-order valence-corrected chi connectivity index (χ0v) is 14.9. The van der Waals surface area contributed by atoms with Gasteiger partial charge in [-0.05, 0) is 37.1 Å². The summed E-state index contributed by atoms with van der Waals surface area (Å²) in [6, 6.07) is 6.26. The van der Waals surface area contributed by atoms with E-state index in [1.807, 2.05) is 6.92 Å². The molecule has 1 aliphatic heterocycles. The second-order valence-electron chi connectivity index (χ2n) is 6.18. The van der Waals surface area contributed by atoms with E-state index in [2.05, 4.69) is 4.98 Å². The Morgan fingerprint density at radius 3 is 2.65 bits per heavy atom. The molecule has 0 spiro atoms. The summed E-state index contributed by atoms with van der Waals surface area (Å²) in [4.78, 5) is 18.3. The third kappa shape index (κ3) is 3.62. The Bertz CT molecular complexity index is 855. The summed E-state index contributed by atoms with van der Waals surface area (Å²) >= 11 is 6.12. The van der Waals surface area contributed by atoms with E-state index in [4.69, 9.17) is 16.3 Å². The highest BCUT2D eigenvalue weighted by molar-refractivity contribution is 6.31. The van der Waals surface area contributed by atoms with Gasteiger partial charge in [-0.25, -0.2) is 4.98 Å². The average molecular weight is 385 g/mol. The molecule has 8 heteroatoms. The molecule has 0 saturated carbocycles. The first-order valence-corrected chi connectivity index (χ1v) is 8.29. The number of aromatic nitrogens is 1. The molecule has 0 radical (unpaired) electrons. The number of ether oxygens (including phenoxy) is 1. The number of carbonyl (C=O) groups excluding carboxylic acids is 1. The van der Waals surface area contributed by atoms with Crippen LogP contribution in [0, 0.1) is 6.92 Å². The molecule has 26 heavy (non-hydrogen) atoms. The van der Waals surface area contributed by atoms with Crippen molar-refractivity contribution < 1.29 is 22.7 Å². The molecule has 1 amide bonds. The molecular weight excluding hydrogens is 369 g/mol. The molecule has 2 heterocycles. The number of aryl methyl sites for hydroxylation is 1. The van der Waals surface area contributed by atoms with E-state index in [1.54, 1.807) is 30.0 Å². The van der Waals surface area contributed by atoms with Gasteiger partial charge in [-0.2, -0.15) is 13.2 Å². The Kier molecular flexibility index (Phi) is 4.84. The first-order valence-electron chi connectivity index (χ1n) is 7.92. The highest BCUT2D eigenvalue weighted by atomic mass is 35.5. The minimum atomic E-state index is -4.39. The minimum absolute atomic E-state index is 0.146. The Labute approximate surface area is 153 Å². The van der Waals surface area contributed by atoms with Crippen molar-refractivity contribution in [3.05, 3.63) is 57.9 Å². The molecule has 1 aliphatic rings. The third-order valence-corrected chi connectivity index (χ3v) is 4.60. The van der Waals surface area contributed by atoms with Crippen LogP contribution < -0.4 is 4.74 Å². The number of hydrogen-bond acceptors (Lipinski definition) is 3. The monoisotopic (exact) mass is 384 g/mol. The maximum absolute atomic E-state index is 12.6. The molecule has 0 fully saturated rings. The van der Waals surface area contributed by atoms with Crippen LogP contribution >= 0.6 is 11.6 Å². The first-order chi connectivity index (χ1) is 12.2. The lowest BCUT2D eigenvalue weighted by Gasteiger charge is -2.23. The SMILES string of the molecule is Cc1cc(CN2C(=O)c3ccnc(Cl)c3C2C)ccc1OCC(F)(F)F. The molecule has 138 valence electrons. The number of amides is 1. The van der Waals surface area contributed by atoms with Crippen LogP contribution in [0.3, 0.4) is 0 Å². The number of benzene rings is 1. The van der Waals surface area contributed by atoms with Gasteiger partial charge in [-0.3, -0.25) is 4.79 Å². The molecule has 0 bridgehead atoms. The topological polar surface area (TPSA) is 42.4 Å². The number of carbonyl (C=O) groups is 1. The van der Waals surface area contributed by atoms with Crippen LogP contribution in [0.25, 0.3) is 0 Å². The second kappa shape index (κ2) is 6.79. The molecule has 1 aromatic heterocycles. The van der Waals surface area contributed by atoms with E-state index in [1.165, 1.54) is 12.3 Å². The van der Waals surface area contributed by atoms with Crippen molar-refractivity contribution >= 4 is 17.5 Å². The maximum Gasteiger partial charge on any atom is 0.422 e. The predicted octanol–water partition coefficient (Wildman–Crippen LogP) is 4.70. The summed E-state index contributed by atoms with van der Waals surface area (Å²) in [6.07, 6.45) is -2.90. The van der Waals surface area contributed by atoms with Crippen LogP contribution in [0.5, 0.6) is 5.75 Å². The van der Waals surface area contributed by atoms with Gasteiger partial charge in [-0.15, -0.1) is 0 Å². The summed E-state index contributed by atoms with van der Waals surface area (Å²) in [5.41, 5.74) is 2.59. The van der Waals surface area contributed by atoms with Crippen molar-refractivity contribution in [1.29, 1.82) is 0 Å². The Morgan fingerprint density at radius 2 is 2.04 bits per heavy atom. The maximum atomic E-state index is 12.6. The number of nitrogens with zero attached hydrogens (tertiary/aromatic N) is 2. The minimum Gasteiger partial charge on any atom is -0.484 e. The van der Waals surface area contributed by atoms with Crippen LogP contribution in [-0.4, -0.2) is 28.6 Å². The fourth-order valence-electron chi connectivity index (χ4n) is 3.05. The summed E-state index contributed by atoms with van der Waals surface area (Å²) in [6.45, 7) is 2.51. The Hall–Kier alpha value is -2.28. The van der Waals surface area contributed by atoms with Gasteiger partial charge in [0, 0.05) is 23.9 Å². The fraction of sp³-hybridized carbons (Fsp3) is 0.333. The second-order valence-corrected chi connectivity index (χ2v) is 6.53. The molecule has 3 rings (SSSR count). The van der Waals surface area contributed by atoms with Crippen molar-refractivity contribution in [3.8, 4) is 5.75 Å².